The normalized spacial score (nSPS) is 13.6. The van der Waals surface area contributed by atoms with Crippen molar-refractivity contribution >= 4 is 22.5 Å². The molecule has 1 fully saturated rings. The van der Waals surface area contributed by atoms with Gasteiger partial charge in [0, 0.05) is 38.1 Å². The maximum atomic E-state index is 14.0. The summed E-state index contributed by atoms with van der Waals surface area (Å²) in [5.41, 5.74) is 5.12. The summed E-state index contributed by atoms with van der Waals surface area (Å²) in [5.74, 6) is 1.66. The van der Waals surface area contributed by atoms with Crippen molar-refractivity contribution in [3.8, 4) is 11.5 Å². The van der Waals surface area contributed by atoms with Gasteiger partial charge in [-0.3, -0.25) is 4.79 Å². The van der Waals surface area contributed by atoms with E-state index in [9.17, 15) is 4.79 Å². The van der Waals surface area contributed by atoms with Gasteiger partial charge in [0.25, 0.3) is 5.91 Å². The number of hydrogen-bond acceptors (Lipinski definition) is 4. The van der Waals surface area contributed by atoms with Crippen LogP contribution in [0.25, 0.3) is 10.9 Å². The van der Waals surface area contributed by atoms with Crippen molar-refractivity contribution in [3.05, 3.63) is 102 Å². The Morgan fingerprint density at radius 2 is 1.68 bits per heavy atom. The van der Waals surface area contributed by atoms with Gasteiger partial charge in [0.15, 0.2) is 0 Å². The first-order valence-corrected chi connectivity index (χ1v) is 12.7. The number of piperazine rings is 1. The molecule has 1 aromatic heterocycles. The Balaban J connectivity index is 1.46. The van der Waals surface area contributed by atoms with Crippen LogP contribution in [0.4, 0.5) is 5.69 Å². The fraction of sp³-hybridized carbons (Fsp3) is 0.258. The van der Waals surface area contributed by atoms with Crippen LogP contribution in [0.3, 0.4) is 0 Å². The predicted octanol–water partition coefficient (Wildman–Crippen LogP) is 5.53. The Hall–Kier alpha value is -4.19. The lowest BCUT2D eigenvalue weighted by Crippen LogP contribution is -2.49. The van der Waals surface area contributed by atoms with Crippen LogP contribution in [0.5, 0.6) is 11.5 Å². The smallest absolute Gasteiger partial charge is 0.270 e. The maximum Gasteiger partial charge on any atom is 0.270 e. The molecule has 5 rings (SSSR count). The topological polar surface area (TPSA) is 46.9 Å². The number of rotatable bonds is 8. The van der Waals surface area contributed by atoms with Crippen LogP contribution in [0, 0.1) is 6.92 Å². The highest BCUT2D eigenvalue weighted by molar-refractivity contribution is 6.00. The molecule has 2 heterocycles. The van der Waals surface area contributed by atoms with Gasteiger partial charge in [-0.25, -0.2) is 0 Å². The number of hydrogen-bond donors (Lipinski definition) is 0. The number of aryl methyl sites for hydroxylation is 1. The van der Waals surface area contributed by atoms with E-state index in [-0.39, 0.29) is 5.91 Å². The van der Waals surface area contributed by atoms with Crippen molar-refractivity contribution in [3.63, 3.8) is 0 Å². The number of para-hydroxylation sites is 2. The summed E-state index contributed by atoms with van der Waals surface area (Å²) in [6.07, 6.45) is 1.73. The molecular formula is C31H33N3O3. The van der Waals surface area contributed by atoms with Gasteiger partial charge in [0.1, 0.15) is 23.8 Å². The number of ether oxygens (including phenoxy) is 2. The minimum absolute atomic E-state index is 0.0409. The van der Waals surface area contributed by atoms with Crippen molar-refractivity contribution in [2.45, 2.75) is 13.5 Å². The van der Waals surface area contributed by atoms with Crippen LogP contribution in [0.1, 0.15) is 21.6 Å². The third kappa shape index (κ3) is 4.92. The summed E-state index contributed by atoms with van der Waals surface area (Å²) in [6, 6.07) is 24.3. The molecule has 6 heteroatoms. The van der Waals surface area contributed by atoms with E-state index in [4.69, 9.17) is 9.47 Å². The molecule has 1 aliphatic heterocycles. The quantitative estimate of drug-likeness (QED) is 0.302. The van der Waals surface area contributed by atoms with E-state index in [0.717, 1.165) is 41.2 Å². The number of carbonyl (C=O) groups excluding carboxylic acids is 1. The summed E-state index contributed by atoms with van der Waals surface area (Å²) in [6.45, 7) is 9.68. The zero-order valence-electron chi connectivity index (χ0n) is 21.5. The summed E-state index contributed by atoms with van der Waals surface area (Å²) in [7, 11) is 1.69. The zero-order valence-corrected chi connectivity index (χ0v) is 21.5. The van der Waals surface area contributed by atoms with Gasteiger partial charge in [-0.1, -0.05) is 55.1 Å². The molecule has 0 radical (unpaired) electrons. The van der Waals surface area contributed by atoms with E-state index < -0.39 is 0 Å². The van der Waals surface area contributed by atoms with Crippen LogP contribution in [-0.2, 0) is 6.54 Å². The first-order chi connectivity index (χ1) is 18.1. The van der Waals surface area contributed by atoms with E-state index in [1.165, 1.54) is 11.1 Å². The molecule has 190 valence electrons. The number of aromatic nitrogens is 1. The lowest BCUT2D eigenvalue weighted by Gasteiger charge is -2.36. The van der Waals surface area contributed by atoms with Crippen molar-refractivity contribution < 1.29 is 14.3 Å². The molecular weight excluding hydrogens is 462 g/mol. The third-order valence-electron chi connectivity index (χ3n) is 7.06. The molecule has 0 saturated carbocycles. The fourth-order valence-corrected chi connectivity index (χ4v) is 5.04. The SMILES string of the molecule is C=CCOc1cccc2c1cc(C(=O)N1CCN(c3ccccc3OC)CC1)n2Cc1ccccc1C. The Labute approximate surface area is 218 Å². The van der Waals surface area contributed by atoms with Crippen LogP contribution < -0.4 is 14.4 Å². The molecule has 0 unspecified atom stereocenters. The second-order valence-corrected chi connectivity index (χ2v) is 9.28. The number of carbonyl (C=O) groups is 1. The van der Waals surface area contributed by atoms with Crippen LogP contribution in [0.15, 0.2) is 85.5 Å². The number of methoxy groups -OCH3 is 1. The highest BCUT2D eigenvalue weighted by Crippen LogP contribution is 2.32. The largest absolute Gasteiger partial charge is 0.495 e. The average Bonchev–Trinajstić information content (AvgIpc) is 3.31. The van der Waals surface area contributed by atoms with Gasteiger partial charge < -0.3 is 23.8 Å². The van der Waals surface area contributed by atoms with Gasteiger partial charge in [-0.15, -0.1) is 0 Å². The van der Waals surface area contributed by atoms with E-state index in [1.807, 2.05) is 53.4 Å². The summed E-state index contributed by atoms with van der Waals surface area (Å²) < 4.78 is 13.6. The van der Waals surface area contributed by atoms with Gasteiger partial charge in [-0.05, 0) is 48.4 Å². The van der Waals surface area contributed by atoms with Crippen LogP contribution in [-0.4, -0.2) is 55.3 Å². The van der Waals surface area contributed by atoms with Gasteiger partial charge in [0.05, 0.1) is 18.3 Å². The van der Waals surface area contributed by atoms with E-state index in [1.54, 1.807) is 13.2 Å². The Bertz CT molecular complexity index is 1420. The van der Waals surface area contributed by atoms with E-state index >= 15 is 0 Å². The fourth-order valence-electron chi connectivity index (χ4n) is 5.04. The molecule has 1 saturated heterocycles. The van der Waals surface area contributed by atoms with Gasteiger partial charge in [-0.2, -0.15) is 0 Å². The Kier molecular flexibility index (Phi) is 7.17. The number of fused-ring (bicyclic) bond motifs is 1. The molecule has 0 bridgehead atoms. The van der Waals surface area contributed by atoms with Crippen molar-refractivity contribution in [2.75, 3.05) is 44.8 Å². The van der Waals surface area contributed by atoms with Gasteiger partial charge in [0.2, 0.25) is 0 Å². The average molecular weight is 496 g/mol. The summed E-state index contributed by atoms with van der Waals surface area (Å²) in [4.78, 5) is 18.2. The van der Waals surface area contributed by atoms with Crippen molar-refractivity contribution in [1.82, 2.24) is 9.47 Å². The predicted molar refractivity (Wildman–Crippen MR) is 149 cm³/mol. The standard InChI is InChI=1S/C31H33N3O3/c1-4-20-37-29-15-9-13-26-25(29)21-28(34(26)22-24-11-6-5-10-23(24)2)31(35)33-18-16-32(17-19-33)27-12-7-8-14-30(27)36-3/h4-15,21H,1,16-20,22H2,2-3H3. The molecule has 1 amide bonds. The van der Waals surface area contributed by atoms with Crippen LogP contribution >= 0.6 is 0 Å². The first-order valence-electron chi connectivity index (χ1n) is 12.7. The number of benzene rings is 3. The molecule has 0 atom stereocenters. The number of amides is 1. The lowest BCUT2D eigenvalue weighted by molar-refractivity contribution is 0.0737. The van der Waals surface area contributed by atoms with Crippen molar-refractivity contribution in [1.29, 1.82) is 0 Å². The van der Waals surface area contributed by atoms with E-state index in [0.29, 0.717) is 31.9 Å². The summed E-state index contributed by atoms with van der Waals surface area (Å²) >= 11 is 0. The van der Waals surface area contributed by atoms with Crippen LogP contribution in [0.2, 0.25) is 0 Å². The molecule has 1 aliphatic rings. The Morgan fingerprint density at radius 3 is 2.43 bits per heavy atom. The van der Waals surface area contributed by atoms with Crippen molar-refractivity contribution in [2.24, 2.45) is 0 Å². The summed E-state index contributed by atoms with van der Waals surface area (Å²) in [5, 5.41) is 0.939. The minimum Gasteiger partial charge on any atom is -0.495 e. The number of nitrogens with zero attached hydrogens (tertiary/aromatic N) is 3. The third-order valence-corrected chi connectivity index (χ3v) is 7.06. The first kappa shape index (κ1) is 24.5. The molecule has 0 aliphatic carbocycles. The highest BCUT2D eigenvalue weighted by atomic mass is 16.5. The molecule has 4 aromatic rings. The molecule has 3 aromatic carbocycles. The number of anilines is 1. The molecule has 6 nitrogen and oxygen atoms in total. The second kappa shape index (κ2) is 10.8. The maximum absolute atomic E-state index is 14.0. The molecule has 37 heavy (non-hydrogen) atoms. The molecule has 0 N–H and O–H groups in total. The van der Waals surface area contributed by atoms with Gasteiger partial charge >= 0.3 is 0 Å². The minimum atomic E-state index is 0.0409. The highest BCUT2D eigenvalue weighted by Gasteiger charge is 2.27. The lowest BCUT2D eigenvalue weighted by atomic mass is 10.1. The molecule has 0 spiro atoms. The second-order valence-electron chi connectivity index (χ2n) is 9.28. The Morgan fingerprint density at radius 1 is 0.946 bits per heavy atom. The van der Waals surface area contributed by atoms with E-state index in [2.05, 4.69) is 47.2 Å². The zero-order chi connectivity index (χ0) is 25.8. The monoisotopic (exact) mass is 495 g/mol.